The van der Waals surface area contributed by atoms with Crippen molar-refractivity contribution in [3.05, 3.63) is 59.7 Å². The zero-order chi connectivity index (χ0) is 21.2. The van der Waals surface area contributed by atoms with Crippen LogP contribution in [-0.2, 0) is 4.79 Å². The summed E-state index contributed by atoms with van der Waals surface area (Å²) in [6.07, 6.45) is 2.30. The average molecular weight is 397 g/mol. The van der Waals surface area contributed by atoms with Crippen LogP contribution in [0.1, 0.15) is 60.7 Å². The molecule has 0 unspecified atom stereocenters. The Labute approximate surface area is 170 Å². The molecular formula is C22H27N3O4. The fourth-order valence-corrected chi connectivity index (χ4v) is 2.48. The van der Waals surface area contributed by atoms with Gasteiger partial charge < -0.3 is 10.1 Å². The lowest BCUT2D eigenvalue weighted by Gasteiger charge is -2.11. The van der Waals surface area contributed by atoms with Crippen LogP contribution in [0.15, 0.2) is 48.5 Å². The molecule has 0 saturated carbocycles. The number of carbonyl (C=O) groups is 3. The maximum absolute atomic E-state index is 12.2. The van der Waals surface area contributed by atoms with E-state index >= 15 is 0 Å². The van der Waals surface area contributed by atoms with Crippen molar-refractivity contribution in [2.45, 2.75) is 46.1 Å². The van der Waals surface area contributed by atoms with Gasteiger partial charge in [0.05, 0.1) is 6.10 Å². The number of amides is 3. The Balaban J connectivity index is 1.85. The van der Waals surface area contributed by atoms with Gasteiger partial charge in [-0.3, -0.25) is 25.2 Å². The van der Waals surface area contributed by atoms with Gasteiger partial charge in [0, 0.05) is 23.2 Å². The summed E-state index contributed by atoms with van der Waals surface area (Å²) in [5.41, 5.74) is 6.13. The van der Waals surface area contributed by atoms with E-state index in [1.807, 2.05) is 20.8 Å². The molecule has 0 atom stereocenters. The number of hydrazine groups is 1. The van der Waals surface area contributed by atoms with Crippen LogP contribution in [0, 0.1) is 0 Å². The fraction of sp³-hybridized carbons (Fsp3) is 0.318. The molecule has 0 aliphatic heterocycles. The van der Waals surface area contributed by atoms with Crippen LogP contribution in [0.5, 0.6) is 5.75 Å². The summed E-state index contributed by atoms with van der Waals surface area (Å²) in [7, 11) is 0. The highest BCUT2D eigenvalue weighted by atomic mass is 16.5. The van der Waals surface area contributed by atoms with Crippen molar-refractivity contribution < 1.29 is 19.1 Å². The normalized spacial score (nSPS) is 10.3. The molecule has 3 amide bonds. The van der Waals surface area contributed by atoms with Crippen molar-refractivity contribution in [3.8, 4) is 5.75 Å². The summed E-state index contributed by atoms with van der Waals surface area (Å²) < 4.78 is 5.53. The molecule has 7 heteroatoms. The molecule has 0 aromatic heterocycles. The van der Waals surface area contributed by atoms with E-state index in [-0.39, 0.29) is 12.0 Å². The Morgan fingerprint density at radius 1 is 0.862 bits per heavy atom. The second-order valence-electron chi connectivity index (χ2n) is 6.83. The predicted molar refractivity (Wildman–Crippen MR) is 112 cm³/mol. The topological polar surface area (TPSA) is 96.5 Å². The number of carbonyl (C=O) groups excluding carboxylic acids is 3. The molecule has 29 heavy (non-hydrogen) atoms. The van der Waals surface area contributed by atoms with Crippen LogP contribution >= 0.6 is 0 Å². The molecule has 0 bridgehead atoms. The Kier molecular flexibility index (Phi) is 8.21. The van der Waals surface area contributed by atoms with Crippen LogP contribution in [0.3, 0.4) is 0 Å². The molecule has 0 aliphatic rings. The second kappa shape index (κ2) is 10.8. The molecule has 3 N–H and O–H groups in total. The van der Waals surface area contributed by atoms with Gasteiger partial charge in [0.2, 0.25) is 5.91 Å². The fourth-order valence-electron chi connectivity index (χ4n) is 2.48. The van der Waals surface area contributed by atoms with E-state index in [2.05, 4.69) is 16.2 Å². The molecule has 0 spiro atoms. The van der Waals surface area contributed by atoms with E-state index < -0.39 is 11.8 Å². The standard InChI is InChI=1S/C22H27N3O4/c1-4-5-6-20(26)23-18-11-7-16(8-12-18)21(27)24-25-22(28)17-9-13-19(14-10-17)29-15(2)3/h7-15H,4-6H2,1-3H3,(H,23,26)(H,24,27)(H,25,28). The van der Waals surface area contributed by atoms with Crippen molar-refractivity contribution >= 4 is 23.4 Å². The van der Waals surface area contributed by atoms with Gasteiger partial charge in [0.15, 0.2) is 0 Å². The molecule has 0 saturated heterocycles. The first-order valence-corrected chi connectivity index (χ1v) is 9.66. The Bertz CT molecular complexity index is 830. The first kappa shape index (κ1) is 21.9. The Hall–Kier alpha value is -3.35. The largest absolute Gasteiger partial charge is 0.491 e. The average Bonchev–Trinajstić information content (AvgIpc) is 2.71. The van der Waals surface area contributed by atoms with Crippen molar-refractivity contribution in [1.82, 2.24) is 10.9 Å². The zero-order valence-electron chi connectivity index (χ0n) is 17.0. The van der Waals surface area contributed by atoms with E-state index in [0.717, 1.165) is 12.8 Å². The molecular weight excluding hydrogens is 370 g/mol. The Morgan fingerprint density at radius 2 is 1.38 bits per heavy atom. The van der Waals surface area contributed by atoms with Crippen molar-refractivity contribution in [1.29, 1.82) is 0 Å². The van der Waals surface area contributed by atoms with E-state index in [4.69, 9.17) is 4.74 Å². The quantitative estimate of drug-likeness (QED) is 0.592. The first-order chi connectivity index (χ1) is 13.9. The molecule has 0 heterocycles. The molecule has 154 valence electrons. The summed E-state index contributed by atoms with van der Waals surface area (Å²) in [5.74, 6) is -0.278. The lowest BCUT2D eigenvalue weighted by atomic mass is 10.2. The van der Waals surface area contributed by atoms with Crippen molar-refractivity contribution in [2.75, 3.05) is 5.32 Å². The van der Waals surface area contributed by atoms with Gasteiger partial charge >= 0.3 is 0 Å². The number of ether oxygens (including phenoxy) is 1. The maximum atomic E-state index is 12.2. The molecule has 2 aromatic rings. The lowest BCUT2D eigenvalue weighted by Crippen LogP contribution is -2.41. The van der Waals surface area contributed by atoms with Crippen LogP contribution in [0.25, 0.3) is 0 Å². The number of rotatable bonds is 8. The molecule has 0 radical (unpaired) electrons. The van der Waals surface area contributed by atoms with E-state index in [9.17, 15) is 14.4 Å². The molecule has 0 fully saturated rings. The third-order valence-corrected chi connectivity index (χ3v) is 3.97. The number of nitrogens with one attached hydrogen (secondary N) is 3. The third-order valence-electron chi connectivity index (χ3n) is 3.97. The van der Waals surface area contributed by atoms with E-state index in [0.29, 0.717) is 29.0 Å². The summed E-state index contributed by atoms with van der Waals surface area (Å²) in [5, 5.41) is 2.78. The minimum atomic E-state index is -0.457. The number of benzene rings is 2. The van der Waals surface area contributed by atoms with Gasteiger partial charge in [-0.1, -0.05) is 13.3 Å². The van der Waals surface area contributed by atoms with Crippen molar-refractivity contribution in [3.63, 3.8) is 0 Å². The van der Waals surface area contributed by atoms with Crippen LogP contribution in [0.2, 0.25) is 0 Å². The summed E-state index contributed by atoms with van der Waals surface area (Å²) >= 11 is 0. The van der Waals surface area contributed by atoms with Crippen LogP contribution in [0.4, 0.5) is 5.69 Å². The van der Waals surface area contributed by atoms with E-state index in [1.165, 1.54) is 0 Å². The van der Waals surface area contributed by atoms with Crippen LogP contribution in [-0.4, -0.2) is 23.8 Å². The monoisotopic (exact) mass is 397 g/mol. The van der Waals surface area contributed by atoms with Crippen molar-refractivity contribution in [2.24, 2.45) is 0 Å². The zero-order valence-corrected chi connectivity index (χ0v) is 17.0. The van der Waals surface area contributed by atoms with Gasteiger partial charge in [-0.05, 0) is 68.8 Å². The smallest absolute Gasteiger partial charge is 0.269 e. The van der Waals surface area contributed by atoms with Gasteiger partial charge in [0.25, 0.3) is 11.8 Å². The Morgan fingerprint density at radius 3 is 1.86 bits per heavy atom. The van der Waals surface area contributed by atoms with E-state index in [1.54, 1.807) is 48.5 Å². The van der Waals surface area contributed by atoms with Gasteiger partial charge in [-0.15, -0.1) is 0 Å². The number of unbranched alkanes of at least 4 members (excludes halogenated alkanes) is 1. The van der Waals surface area contributed by atoms with Crippen LogP contribution < -0.4 is 20.9 Å². The highest BCUT2D eigenvalue weighted by Crippen LogP contribution is 2.14. The molecule has 0 aliphatic carbocycles. The molecule has 2 rings (SSSR count). The lowest BCUT2D eigenvalue weighted by molar-refractivity contribution is -0.116. The minimum Gasteiger partial charge on any atom is -0.491 e. The highest BCUT2D eigenvalue weighted by Gasteiger charge is 2.10. The van der Waals surface area contributed by atoms with Gasteiger partial charge in [0.1, 0.15) is 5.75 Å². The second-order valence-corrected chi connectivity index (χ2v) is 6.83. The predicted octanol–water partition coefficient (Wildman–Crippen LogP) is 3.68. The maximum Gasteiger partial charge on any atom is 0.269 e. The molecule has 2 aromatic carbocycles. The summed E-state index contributed by atoms with van der Waals surface area (Å²) in [4.78, 5) is 36.1. The summed E-state index contributed by atoms with van der Waals surface area (Å²) in [6.45, 7) is 5.86. The highest BCUT2D eigenvalue weighted by molar-refractivity contribution is 5.99. The molecule has 7 nitrogen and oxygen atoms in total. The number of anilines is 1. The van der Waals surface area contributed by atoms with Gasteiger partial charge in [-0.25, -0.2) is 0 Å². The SMILES string of the molecule is CCCCC(=O)Nc1ccc(C(=O)NNC(=O)c2ccc(OC(C)C)cc2)cc1. The number of hydrogen-bond acceptors (Lipinski definition) is 4. The summed E-state index contributed by atoms with van der Waals surface area (Å²) in [6, 6.07) is 13.1. The minimum absolute atomic E-state index is 0.0463. The number of hydrogen-bond donors (Lipinski definition) is 3. The first-order valence-electron chi connectivity index (χ1n) is 9.66. The third kappa shape index (κ3) is 7.29. The van der Waals surface area contributed by atoms with Gasteiger partial charge in [-0.2, -0.15) is 0 Å².